The van der Waals surface area contributed by atoms with Crippen LogP contribution in [0.3, 0.4) is 0 Å². The number of unbranched alkanes of at least 4 members (excludes halogenated alkanes) is 2. The van der Waals surface area contributed by atoms with Gasteiger partial charge >= 0.3 is 0 Å². The van der Waals surface area contributed by atoms with Gasteiger partial charge in [-0.15, -0.1) is 0 Å². The number of aliphatic hydroxyl groups excluding tert-OH is 6. The molecule has 246 valence electrons. The van der Waals surface area contributed by atoms with E-state index in [1.807, 2.05) is 32.8 Å². The number of carbonyl (C=O) groups excluding carboxylic acids is 1. The minimum absolute atomic E-state index is 0.159. The molecule has 1 heterocycles. The van der Waals surface area contributed by atoms with E-state index in [1.54, 1.807) is 36.4 Å². The van der Waals surface area contributed by atoms with Gasteiger partial charge in [-0.25, -0.2) is 8.42 Å². The van der Waals surface area contributed by atoms with Gasteiger partial charge in [-0.3, -0.25) is 4.79 Å². The van der Waals surface area contributed by atoms with Crippen LogP contribution < -0.4 is 10.2 Å². The van der Waals surface area contributed by atoms with E-state index in [9.17, 15) is 38.7 Å². The van der Waals surface area contributed by atoms with Crippen LogP contribution in [0.5, 0.6) is 0 Å². The molecule has 44 heavy (non-hydrogen) atoms. The van der Waals surface area contributed by atoms with Crippen molar-refractivity contribution < 1.29 is 43.9 Å². The topological polar surface area (TPSA) is 188 Å². The van der Waals surface area contributed by atoms with Crippen molar-refractivity contribution in [2.24, 2.45) is 5.41 Å². The molecule has 1 aliphatic rings. The first kappa shape index (κ1) is 35.9. The molecule has 0 spiro atoms. The first-order valence-electron chi connectivity index (χ1n) is 15.2. The van der Waals surface area contributed by atoms with E-state index in [0.29, 0.717) is 24.0 Å². The average molecular weight is 637 g/mol. The van der Waals surface area contributed by atoms with Crippen LogP contribution in [0.15, 0.2) is 47.4 Å². The van der Waals surface area contributed by atoms with Crippen molar-refractivity contribution in [3.63, 3.8) is 0 Å². The van der Waals surface area contributed by atoms with Gasteiger partial charge in [-0.2, -0.15) is 0 Å². The number of nitrogens with zero attached hydrogens (tertiary/aromatic N) is 1. The predicted octanol–water partition coefficient (Wildman–Crippen LogP) is 1.77. The quantitative estimate of drug-likeness (QED) is 0.161. The fourth-order valence-corrected chi connectivity index (χ4v) is 8.29. The number of amides is 1. The van der Waals surface area contributed by atoms with Crippen LogP contribution in [-0.2, 0) is 14.6 Å². The summed E-state index contributed by atoms with van der Waals surface area (Å²) in [5, 5.41) is 63.9. The summed E-state index contributed by atoms with van der Waals surface area (Å²) < 4.78 is 28.1. The number of nitrogens with one attached hydrogen (secondary N) is 1. The van der Waals surface area contributed by atoms with Crippen LogP contribution in [-0.4, -0.2) is 102 Å². The molecule has 0 aliphatic carbocycles. The van der Waals surface area contributed by atoms with Crippen molar-refractivity contribution in [1.29, 1.82) is 0 Å². The number of hydrogen-bond donors (Lipinski definition) is 7. The van der Waals surface area contributed by atoms with Crippen LogP contribution in [0.1, 0.15) is 69.4 Å². The second kappa shape index (κ2) is 15.1. The fraction of sp³-hybridized carbons (Fsp3) is 0.594. The fourth-order valence-electron chi connectivity index (χ4n) is 6.09. The maximum Gasteiger partial charge on any atom is 0.256 e. The van der Waals surface area contributed by atoms with E-state index >= 15 is 0 Å². The third-order valence-electron chi connectivity index (χ3n) is 8.69. The number of hydrogen-bond acceptors (Lipinski definition) is 10. The minimum atomic E-state index is -3.80. The van der Waals surface area contributed by atoms with Crippen molar-refractivity contribution in [3.8, 4) is 0 Å². The third kappa shape index (κ3) is 7.79. The normalized spacial score (nSPS) is 21.8. The first-order valence-corrected chi connectivity index (χ1v) is 16.8. The number of anilines is 2. The Kier molecular flexibility index (Phi) is 12.3. The Bertz CT molecular complexity index is 1360. The van der Waals surface area contributed by atoms with Gasteiger partial charge in [0, 0.05) is 36.8 Å². The summed E-state index contributed by atoms with van der Waals surface area (Å²) in [6.45, 7) is 3.17. The zero-order valence-corrected chi connectivity index (χ0v) is 26.7. The van der Waals surface area contributed by atoms with Crippen molar-refractivity contribution in [2.75, 3.05) is 36.7 Å². The van der Waals surface area contributed by atoms with E-state index in [0.717, 1.165) is 31.4 Å². The van der Waals surface area contributed by atoms with Crippen LogP contribution in [0.25, 0.3) is 0 Å². The summed E-state index contributed by atoms with van der Waals surface area (Å²) >= 11 is 0. The van der Waals surface area contributed by atoms with Gasteiger partial charge < -0.3 is 40.9 Å². The van der Waals surface area contributed by atoms with E-state index in [-0.39, 0.29) is 16.3 Å². The lowest BCUT2D eigenvalue weighted by molar-refractivity contribution is -0.144. The number of carbonyl (C=O) groups is 1. The molecule has 0 bridgehead atoms. The van der Waals surface area contributed by atoms with Gasteiger partial charge in [0.25, 0.3) is 5.91 Å². The highest BCUT2D eigenvalue weighted by Gasteiger charge is 2.49. The lowest BCUT2D eigenvalue weighted by Gasteiger charge is -2.40. The number of aliphatic hydroxyl groups is 6. The maximum atomic E-state index is 14.0. The summed E-state index contributed by atoms with van der Waals surface area (Å²) in [5.41, 5.74) is 1.05. The van der Waals surface area contributed by atoms with Crippen LogP contribution in [0.4, 0.5) is 11.4 Å². The third-order valence-corrected chi connectivity index (χ3v) is 10.7. The van der Waals surface area contributed by atoms with E-state index < -0.39 is 64.2 Å². The molecule has 0 unspecified atom stereocenters. The van der Waals surface area contributed by atoms with Crippen molar-refractivity contribution in [3.05, 3.63) is 53.6 Å². The van der Waals surface area contributed by atoms with Crippen molar-refractivity contribution >= 4 is 27.1 Å². The van der Waals surface area contributed by atoms with Gasteiger partial charge in [-0.1, -0.05) is 51.7 Å². The Labute approximate surface area is 260 Å². The smallest absolute Gasteiger partial charge is 0.256 e. The first-order chi connectivity index (χ1) is 20.7. The lowest BCUT2D eigenvalue weighted by Crippen LogP contribution is -2.50. The van der Waals surface area contributed by atoms with E-state index in [1.165, 1.54) is 6.07 Å². The summed E-state index contributed by atoms with van der Waals surface area (Å²) in [6.07, 6.45) is -4.83. The molecule has 1 aliphatic heterocycles. The molecule has 6 atom stereocenters. The Morgan fingerprint density at radius 2 is 1.64 bits per heavy atom. The Morgan fingerprint density at radius 3 is 2.20 bits per heavy atom. The average Bonchev–Trinajstić information content (AvgIpc) is 3.07. The Balaban J connectivity index is 2.14. The predicted molar refractivity (Wildman–Crippen MR) is 168 cm³/mol. The van der Waals surface area contributed by atoms with Gasteiger partial charge in [0.1, 0.15) is 18.3 Å². The summed E-state index contributed by atoms with van der Waals surface area (Å²) in [5.74, 6) is -2.03. The molecule has 0 saturated heterocycles. The van der Waals surface area contributed by atoms with Gasteiger partial charge in [-0.05, 0) is 54.3 Å². The molecule has 1 amide bonds. The van der Waals surface area contributed by atoms with Crippen molar-refractivity contribution in [1.82, 2.24) is 0 Å². The zero-order valence-electron chi connectivity index (χ0n) is 25.9. The molecule has 7 N–H and O–H groups in total. The van der Waals surface area contributed by atoms with E-state index in [4.69, 9.17) is 5.11 Å². The van der Waals surface area contributed by atoms with E-state index in [2.05, 4.69) is 5.32 Å². The largest absolute Gasteiger partial charge is 0.394 e. The Hall–Kier alpha value is -2.58. The highest BCUT2D eigenvalue weighted by molar-refractivity contribution is 7.91. The second-order valence-corrected chi connectivity index (χ2v) is 14.1. The number of benzene rings is 2. The molecule has 2 aromatic rings. The number of fused-ring (bicyclic) bond motifs is 1. The summed E-state index contributed by atoms with van der Waals surface area (Å²) in [6, 6.07) is 11.7. The molecule has 3 rings (SSSR count). The molecule has 0 saturated carbocycles. The second-order valence-electron chi connectivity index (χ2n) is 12.2. The van der Waals surface area contributed by atoms with Gasteiger partial charge in [0.15, 0.2) is 15.9 Å². The van der Waals surface area contributed by atoms with Crippen LogP contribution in [0.2, 0.25) is 0 Å². The molecule has 0 aromatic heterocycles. The highest BCUT2D eigenvalue weighted by atomic mass is 32.2. The highest BCUT2D eigenvalue weighted by Crippen LogP contribution is 2.50. The molecular formula is C32H48N2O9S. The molecule has 0 fully saturated rings. The molecule has 12 heteroatoms. The summed E-state index contributed by atoms with van der Waals surface area (Å²) in [4.78, 5) is 14.8. The molecule has 0 radical (unpaired) electrons. The SMILES string of the molecule is CCCCC1(CCCC)CS(=O)(=O)c2ccc(N(C)C)cc2[C@H](c2cccc(NC(=O)[C@H](O)[C@@H](O)[C@H](O)[C@H](O)CO)c2)[C@@H]1O. The lowest BCUT2D eigenvalue weighted by atomic mass is 9.68. The monoisotopic (exact) mass is 636 g/mol. The Morgan fingerprint density at radius 1 is 1.00 bits per heavy atom. The van der Waals surface area contributed by atoms with Crippen LogP contribution in [0, 0.1) is 5.41 Å². The molecular weight excluding hydrogens is 588 g/mol. The number of sulfone groups is 1. The summed E-state index contributed by atoms with van der Waals surface area (Å²) in [7, 11) is -0.112. The van der Waals surface area contributed by atoms with Gasteiger partial charge in [0.05, 0.1) is 23.4 Å². The molecule has 2 aromatic carbocycles. The zero-order chi connectivity index (χ0) is 32.8. The van der Waals surface area contributed by atoms with Crippen molar-refractivity contribution in [2.45, 2.75) is 93.7 Å². The number of rotatable bonds is 14. The minimum Gasteiger partial charge on any atom is -0.394 e. The van der Waals surface area contributed by atoms with Gasteiger partial charge in [0.2, 0.25) is 0 Å². The maximum absolute atomic E-state index is 14.0. The molecule has 11 nitrogen and oxygen atoms in total. The van der Waals surface area contributed by atoms with Crippen LogP contribution >= 0.6 is 0 Å². The standard InChI is InChI=1S/C32H48N2O9S/c1-5-7-14-32(15-8-6-2)19-44(42,43)25-13-12-22(34(3)4)17-23(25)26(30(32)40)20-10-9-11-21(16-20)33-31(41)29(39)28(38)27(37)24(36)18-35/h9-13,16-17,24,26-30,35-40H,5-8,14-15,18-19H2,1-4H3,(H,33,41)/t24-,26+,27-,28+,29-,30+/m1/s1.